The average Bonchev–Trinajstić information content (AvgIpc) is 2.49. The zero-order chi connectivity index (χ0) is 15.6. The number of rotatable bonds is 4. The van der Waals surface area contributed by atoms with Crippen LogP contribution in [-0.2, 0) is 4.74 Å². The second kappa shape index (κ2) is 5.78. The number of esters is 1. The summed E-state index contributed by atoms with van der Waals surface area (Å²) in [7, 11) is 2.95. The molecule has 0 heterocycles. The Bertz CT molecular complexity index is 692. The van der Waals surface area contributed by atoms with Crippen LogP contribution in [0.15, 0.2) is 18.2 Å². The normalized spacial score (nSPS) is 10.4. The third-order valence-electron chi connectivity index (χ3n) is 3.09. The largest absolute Gasteiger partial charge is 0.504 e. The van der Waals surface area contributed by atoms with Gasteiger partial charge in [-0.2, -0.15) is 0 Å². The molecule has 2 N–H and O–H groups in total. The molecule has 6 nitrogen and oxygen atoms in total. The number of benzene rings is 2. The highest BCUT2D eigenvalue weighted by molar-refractivity contribution is 6.02. The number of aromatic hydroxyl groups is 2. The molecule has 2 rings (SSSR count). The van der Waals surface area contributed by atoms with Gasteiger partial charge in [-0.15, -0.1) is 0 Å². The average molecular weight is 292 g/mol. The van der Waals surface area contributed by atoms with Crippen LogP contribution in [0.1, 0.15) is 17.3 Å². The third-order valence-corrected chi connectivity index (χ3v) is 3.09. The summed E-state index contributed by atoms with van der Waals surface area (Å²) in [6.07, 6.45) is 0. The summed E-state index contributed by atoms with van der Waals surface area (Å²) in [4.78, 5) is 11.8. The second-order valence-corrected chi connectivity index (χ2v) is 4.27. The Morgan fingerprint density at radius 1 is 1.05 bits per heavy atom. The monoisotopic (exact) mass is 292 g/mol. The van der Waals surface area contributed by atoms with Gasteiger partial charge in [0.25, 0.3) is 0 Å². The maximum Gasteiger partial charge on any atom is 0.342 e. The van der Waals surface area contributed by atoms with E-state index in [0.29, 0.717) is 22.3 Å². The van der Waals surface area contributed by atoms with E-state index in [4.69, 9.17) is 14.2 Å². The number of carbonyl (C=O) groups is 1. The lowest BCUT2D eigenvalue weighted by atomic mass is 10.0. The predicted molar refractivity (Wildman–Crippen MR) is 76.3 cm³/mol. The number of phenols is 2. The molecule has 0 aromatic heterocycles. The molecule has 0 saturated carbocycles. The lowest BCUT2D eigenvalue weighted by Crippen LogP contribution is -2.05. The van der Waals surface area contributed by atoms with Crippen molar-refractivity contribution in [3.63, 3.8) is 0 Å². The van der Waals surface area contributed by atoms with Crippen molar-refractivity contribution in [2.75, 3.05) is 20.8 Å². The van der Waals surface area contributed by atoms with E-state index in [-0.39, 0.29) is 12.2 Å². The number of hydrogen-bond acceptors (Lipinski definition) is 6. The Hall–Kier alpha value is -2.63. The van der Waals surface area contributed by atoms with Crippen LogP contribution < -0.4 is 9.47 Å². The number of hydrogen-bond donors (Lipinski definition) is 2. The SMILES string of the molecule is CCOC(=O)c1cc2cc(OC)c(OC)cc2c(O)c1O. The fourth-order valence-electron chi connectivity index (χ4n) is 2.06. The van der Waals surface area contributed by atoms with Crippen LogP contribution in [0, 0.1) is 0 Å². The molecule has 2 aromatic carbocycles. The van der Waals surface area contributed by atoms with Gasteiger partial charge < -0.3 is 24.4 Å². The van der Waals surface area contributed by atoms with E-state index in [9.17, 15) is 15.0 Å². The first-order valence-corrected chi connectivity index (χ1v) is 6.31. The second-order valence-electron chi connectivity index (χ2n) is 4.27. The molecular weight excluding hydrogens is 276 g/mol. The number of ether oxygens (including phenoxy) is 3. The fraction of sp³-hybridized carbons (Fsp3) is 0.267. The summed E-state index contributed by atoms with van der Waals surface area (Å²) in [6.45, 7) is 1.83. The minimum absolute atomic E-state index is 0.103. The summed E-state index contributed by atoms with van der Waals surface area (Å²) in [6, 6.07) is 4.57. The zero-order valence-electron chi connectivity index (χ0n) is 12.0. The number of methoxy groups -OCH3 is 2. The quantitative estimate of drug-likeness (QED) is 0.665. The lowest BCUT2D eigenvalue weighted by Gasteiger charge is -2.13. The molecule has 6 heteroatoms. The molecule has 0 spiro atoms. The van der Waals surface area contributed by atoms with Crippen LogP contribution in [0.5, 0.6) is 23.0 Å². The minimum atomic E-state index is -0.706. The van der Waals surface area contributed by atoms with Gasteiger partial charge in [0, 0.05) is 5.39 Å². The van der Waals surface area contributed by atoms with Crippen molar-refractivity contribution < 1.29 is 29.2 Å². The maximum atomic E-state index is 11.8. The van der Waals surface area contributed by atoms with Crippen LogP contribution in [0.4, 0.5) is 0 Å². The first-order chi connectivity index (χ1) is 10.0. The molecular formula is C15H16O6. The molecule has 0 amide bonds. The number of carbonyl (C=O) groups excluding carboxylic acids is 1. The molecule has 0 unspecified atom stereocenters. The Morgan fingerprint density at radius 3 is 2.24 bits per heavy atom. The van der Waals surface area contributed by atoms with E-state index in [0.717, 1.165) is 0 Å². The fourth-order valence-corrected chi connectivity index (χ4v) is 2.06. The van der Waals surface area contributed by atoms with Gasteiger partial charge in [0.15, 0.2) is 23.0 Å². The van der Waals surface area contributed by atoms with Gasteiger partial charge in [0.05, 0.1) is 20.8 Å². The van der Waals surface area contributed by atoms with Gasteiger partial charge >= 0.3 is 5.97 Å². The molecule has 21 heavy (non-hydrogen) atoms. The summed E-state index contributed by atoms with van der Waals surface area (Å²) in [5, 5.41) is 20.9. The van der Waals surface area contributed by atoms with E-state index in [1.54, 1.807) is 13.0 Å². The van der Waals surface area contributed by atoms with Gasteiger partial charge in [0.1, 0.15) is 5.56 Å². The zero-order valence-corrected chi connectivity index (χ0v) is 12.0. The maximum absolute atomic E-state index is 11.8. The molecule has 0 fully saturated rings. The van der Waals surface area contributed by atoms with E-state index >= 15 is 0 Å². The van der Waals surface area contributed by atoms with Crippen molar-refractivity contribution in [2.45, 2.75) is 6.92 Å². The highest BCUT2D eigenvalue weighted by atomic mass is 16.5. The Kier molecular flexibility index (Phi) is 4.07. The third kappa shape index (κ3) is 2.52. The topological polar surface area (TPSA) is 85.2 Å². The molecule has 0 aliphatic heterocycles. The van der Waals surface area contributed by atoms with Crippen LogP contribution in [0.25, 0.3) is 10.8 Å². The first-order valence-electron chi connectivity index (χ1n) is 6.31. The van der Waals surface area contributed by atoms with Crippen LogP contribution in [0.3, 0.4) is 0 Å². The van der Waals surface area contributed by atoms with E-state index < -0.39 is 17.5 Å². The van der Waals surface area contributed by atoms with Gasteiger partial charge in [-0.05, 0) is 30.5 Å². The molecule has 112 valence electrons. The lowest BCUT2D eigenvalue weighted by molar-refractivity contribution is 0.0522. The van der Waals surface area contributed by atoms with E-state index in [1.165, 1.54) is 26.4 Å². The van der Waals surface area contributed by atoms with E-state index in [1.807, 2.05) is 0 Å². The molecule has 0 atom stereocenters. The Morgan fingerprint density at radius 2 is 1.67 bits per heavy atom. The van der Waals surface area contributed by atoms with Gasteiger partial charge in [-0.3, -0.25) is 0 Å². The highest BCUT2D eigenvalue weighted by Gasteiger charge is 2.20. The standard InChI is InChI=1S/C15H16O6/c1-4-21-15(18)10-5-8-6-11(19-2)12(20-3)7-9(8)13(16)14(10)17/h5-7,16-17H,4H2,1-3H3. The van der Waals surface area contributed by atoms with Crippen molar-refractivity contribution in [3.8, 4) is 23.0 Å². The number of phenolic OH excluding ortho intramolecular Hbond substituents is 2. The summed E-state index contributed by atoms with van der Waals surface area (Å²) in [5.41, 5.74) is -0.103. The molecule has 2 aromatic rings. The van der Waals surface area contributed by atoms with Crippen LogP contribution in [-0.4, -0.2) is 37.0 Å². The van der Waals surface area contributed by atoms with Crippen LogP contribution >= 0.6 is 0 Å². The summed E-state index contributed by atoms with van der Waals surface area (Å²) >= 11 is 0. The van der Waals surface area contributed by atoms with Crippen molar-refractivity contribution in [1.82, 2.24) is 0 Å². The first kappa shape index (κ1) is 14.8. The molecule has 0 saturated heterocycles. The van der Waals surface area contributed by atoms with Gasteiger partial charge in [-0.1, -0.05) is 0 Å². The number of fused-ring (bicyclic) bond motifs is 1. The van der Waals surface area contributed by atoms with Crippen molar-refractivity contribution in [1.29, 1.82) is 0 Å². The smallest absolute Gasteiger partial charge is 0.342 e. The molecule has 0 radical (unpaired) electrons. The van der Waals surface area contributed by atoms with Gasteiger partial charge in [-0.25, -0.2) is 4.79 Å². The molecule has 0 aliphatic carbocycles. The van der Waals surface area contributed by atoms with Crippen molar-refractivity contribution >= 4 is 16.7 Å². The van der Waals surface area contributed by atoms with Crippen molar-refractivity contribution in [2.24, 2.45) is 0 Å². The molecule has 0 aliphatic rings. The van der Waals surface area contributed by atoms with Crippen molar-refractivity contribution in [3.05, 3.63) is 23.8 Å². The minimum Gasteiger partial charge on any atom is -0.504 e. The summed E-state index contributed by atoms with van der Waals surface area (Å²) < 4.78 is 15.2. The molecule has 0 bridgehead atoms. The summed E-state index contributed by atoms with van der Waals surface area (Å²) in [5.74, 6) is -0.778. The van der Waals surface area contributed by atoms with E-state index in [2.05, 4.69) is 0 Å². The predicted octanol–water partition coefficient (Wildman–Crippen LogP) is 2.44. The Balaban J connectivity index is 2.72. The Labute approximate surface area is 121 Å². The van der Waals surface area contributed by atoms with Crippen LogP contribution in [0.2, 0.25) is 0 Å². The highest BCUT2D eigenvalue weighted by Crippen LogP contribution is 2.42. The van der Waals surface area contributed by atoms with Gasteiger partial charge in [0.2, 0.25) is 0 Å².